The van der Waals surface area contributed by atoms with Gasteiger partial charge < -0.3 is 9.64 Å². The van der Waals surface area contributed by atoms with Crippen molar-refractivity contribution in [1.29, 1.82) is 0 Å². The highest BCUT2D eigenvalue weighted by Gasteiger charge is 2.26. The quantitative estimate of drug-likeness (QED) is 0.459. The van der Waals surface area contributed by atoms with Gasteiger partial charge in [-0.15, -0.1) is 0 Å². The molecule has 0 fully saturated rings. The molecule has 3 aromatic rings. The van der Waals surface area contributed by atoms with Crippen molar-refractivity contribution in [2.75, 3.05) is 4.90 Å². The number of hydrogen-bond acceptors (Lipinski definition) is 3. The number of fused-ring (bicyclic) bond motifs is 2. The topological polar surface area (TPSA) is 25.4 Å². The zero-order chi connectivity index (χ0) is 16.0. The SMILES string of the molecule is Cc1ccc2c(c1)Oc1cc(C)ccc1N2c1ccc(C)nc1. The Labute approximate surface area is 136 Å². The number of ether oxygens (including phenoxy) is 1. The number of anilines is 3. The van der Waals surface area contributed by atoms with Crippen molar-refractivity contribution in [3.8, 4) is 11.5 Å². The first-order chi connectivity index (χ1) is 11.1. The molecule has 114 valence electrons. The van der Waals surface area contributed by atoms with Crippen LogP contribution in [-0.2, 0) is 0 Å². The summed E-state index contributed by atoms with van der Waals surface area (Å²) in [5, 5.41) is 0. The standard InChI is InChI=1S/C20H18N2O/c1-13-4-8-17-19(10-13)23-20-11-14(2)5-9-18(20)22(17)16-7-6-15(3)21-12-16/h4-12H,1-3H3. The number of rotatable bonds is 1. The van der Waals surface area contributed by atoms with Crippen molar-refractivity contribution in [3.63, 3.8) is 0 Å². The Bertz CT molecular complexity index is 833. The lowest BCUT2D eigenvalue weighted by molar-refractivity contribution is 0.476. The van der Waals surface area contributed by atoms with Crippen LogP contribution in [0.2, 0.25) is 0 Å². The molecule has 1 aliphatic rings. The van der Waals surface area contributed by atoms with E-state index in [2.05, 4.69) is 66.2 Å². The monoisotopic (exact) mass is 302 g/mol. The van der Waals surface area contributed by atoms with E-state index in [1.165, 1.54) is 11.1 Å². The van der Waals surface area contributed by atoms with Gasteiger partial charge in [0.1, 0.15) is 0 Å². The maximum Gasteiger partial charge on any atom is 0.151 e. The molecule has 3 heteroatoms. The van der Waals surface area contributed by atoms with E-state index >= 15 is 0 Å². The van der Waals surface area contributed by atoms with Gasteiger partial charge in [-0.25, -0.2) is 0 Å². The molecule has 0 unspecified atom stereocenters. The molecule has 0 spiro atoms. The third kappa shape index (κ3) is 2.34. The lowest BCUT2D eigenvalue weighted by Gasteiger charge is -2.33. The molecular formula is C20H18N2O. The highest BCUT2D eigenvalue weighted by molar-refractivity contribution is 5.86. The first-order valence-corrected chi connectivity index (χ1v) is 7.74. The number of pyridine rings is 1. The van der Waals surface area contributed by atoms with E-state index in [9.17, 15) is 0 Å². The summed E-state index contributed by atoms with van der Waals surface area (Å²) in [4.78, 5) is 6.66. The summed E-state index contributed by atoms with van der Waals surface area (Å²) in [7, 11) is 0. The highest BCUT2D eigenvalue weighted by Crippen LogP contribution is 2.50. The van der Waals surface area contributed by atoms with Gasteiger partial charge in [-0.05, 0) is 68.3 Å². The van der Waals surface area contributed by atoms with E-state index in [0.717, 1.165) is 34.3 Å². The molecule has 0 saturated carbocycles. The van der Waals surface area contributed by atoms with Gasteiger partial charge in [-0.3, -0.25) is 4.98 Å². The molecule has 0 saturated heterocycles. The van der Waals surface area contributed by atoms with E-state index < -0.39 is 0 Å². The van der Waals surface area contributed by atoms with Crippen LogP contribution >= 0.6 is 0 Å². The highest BCUT2D eigenvalue weighted by atomic mass is 16.5. The number of nitrogens with zero attached hydrogens (tertiary/aromatic N) is 2. The summed E-state index contributed by atoms with van der Waals surface area (Å²) >= 11 is 0. The number of aromatic nitrogens is 1. The van der Waals surface area contributed by atoms with Gasteiger partial charge in [0, 0.05) is 5.69 Å². The lowest BCUT2D eigenvalue weighted by atomic mass is 10.1. The van der Waals surface area contributed by atoms with Crippen LogP contribution in [0, 0.1) is 20.8 Å². The van der Waals surface area contributed by atoms with Crippen LogP contribution in [0.5, 0.6) is 11.5 Å². The number of benzene rings is 2. The van der Waals surface area contributed by atoms with E-state index in [0.29, 0.717) is 0 Å². The zero-order valence-corrected chi connectivity index (χ0v) is 13.5. The second-order valence-corrected chi connectivity index (χ2v) is 6.04. The second kappa shape index (κ2) is 5.13. The van der Waals surface area contributed by atoms with Gasteiger partial charge in [-0.1, -0.05) is 12.1 Å². The molecule has 1 aliphatic heterocycles. The summed E-state index contributed by atoms with van der Waals surface area (Å²) in [6, 6.07) is 16.7. The fraction of sp³-hybridized carbons (Fsp3) is 0.150. The Hall–Kier alpha value is -2.81. The van der Waals surface area contributed by atoms with Crippen molar-refractivity contribution < 1.29 is 4.74 Å². The predicted octanol–water partition coefficient (Wildman–Crippen LogP) is 5.58. The minimum atomic E-state index is 0.878. The molecular weight excluding hydrogens is 284 g/mol. The molecule has 0 bridgehead atoms. The summed E-state index contributed by atoms with van der Waals surface area (Å²) in [6.45, 7) is 6.15. The average molecular weight is 302 g/mol. The fourth-order valence-electron chi connectivity index (χ4n) is 2.89. The minimum absolute atomic E-state index is 0.878. The molecule has 0 amide bonds. The third-order valence-electron chi connectivity index (χ3n) is 4.09. The number of aryl methyl sites for hydroxylation is 3. The van der Waals surface area contributed by atoms with E-state index in [-0.39, 0.29) is 0 Å². The summed E-state index contributed by atoms with van der Waals surface area (Å²) in [5.41, 5.74) is 6.49. The first-order valence-electron chi connectivity index (χ1n) is 7.74. The smallest absolute Gasteiger partial charge is 0.151 e. The molecule has 0 radical (unpaired) electrons. The summed E-state index contributed by atoms with van der Waals surface area (Å²) < 4.78 is 6.15. The van der Waals surface area contributed by atoms with Gasteiger partial charge in [-0.2, -0.15) is 0 Å². The molecule has 0 aliphatic carbocycles. The molecule has 23 heavy (non-hydrogen) atoms. The van der Waals surface area contributed by atoms with Crippen LogP contribution in [0.4, 0.5) is 17.1 Å². The molecule has 2 heterocycles. The van der Waals surface area contributed by atoms with Gasteiger partial charge in [0.05, 0.1) is 23.3 Å². The van der Waals surface area contributed by atoms with Crippen LogP contribution in [0.3, 0.4) is 0 Å². The van der Waals surface area contributed by atoms with Crippen LogP contribution < -0.4 is 9.64 Å². The van der Waals surface area contributed by atoms with Crippen molar-refractivity contribution in [2.24, 2.45) is 0 Å². The zero-order valence-electron chi connectivity index (χ0n) is 13.5. The maximum absolute atomic E-state index is 6.15. The summed E-state index contributed by atoms with van der Waals surface area (Å²) in [6.07, 6.45) is 1.91. The van der Waals surface area contributed by atoms with Crippen LogP contribution in [0.1, 0.15) is 16.8 Å². The normalized spacial score (nSPS) is 12.4. The van der Waals surface area contributed by atoms with Crippen LogP contribution in [0.25, 0.3) is 0 Å². The fourth-order valence-corrected chi connectivity index (χ4v) is 2.89. The second-order valence-electron chi connectivity index (χ2n) is 6.04. The first kappa shape index (κ1) is 13.8. The van der Waals surface area contributed by atoms with Gasteiger partial charge in [0.2, 0.25) is 0 Å². The maximum atomic E-state index is 6.15. The predicted molar refractivity (Wildman–Crippen MR) is 93.2 cm³/mol. The van der Waals surface area contributed by atoms with Crippen LogP contribution in [0.15, 0.2) is 54.7 Å². The van der Waals surface area contributed by atoms with Crippen LogP contribution in [-0.4, -0.2) is 4.98 Å². The Morgan fingerprint density at radius 3 is 1.91 bits per heavy atom. The Morgan fingerprint density at radius 2 is 1.39 bits per heavy atom. The van der Waals surface area contributed by atoms with Crippen molar-refractivity contribution >= 4 is 17.1 Å². The molecule has 0 N–H and O–H groups in total. The lowest BCUT2D eigenvalue weighted by Crippen LogP contribution is -2.16. The van der Waals surface area contributed by atoms with E-state index in [1.54, 1.807) is 0 Å². The average Bonchev–Trinajstić information content (AvgIpc) is 2.53. The summed E-state index contributed by atoms with van der Waals surface area (Å²) in [5.74, 6) is 1.76. The largest absolute Gasteiger partial charge is 0.453 e. The van der Waals surface area contributed by atoms with Gasteiger partial charge in [0.15, 0.2) is 11.5 Å². The van der Waals surface area contributed by atoms with Crippen molar-refractivity contribution in [2.45, 2.75) is 20.8 Å². The molecule has 1 aromatic heterocycles. The Kier molecular flexibility index (Phi) is 3.08. The van der Waals surface area contributed by atoms with Gasteiger partial charge >= 0.3 is 0 Å². The van der Waals surface area contributed by atoms with E-state index in [1.807, 2.05) is 19.2 Å². The Morgan fingerprint density at radius 1 is 0.783 bits per heavy atom. The van der Waals surface area contributed by atoms with Gasteiger partial charge in [0.25, 0.3) is 0 Å². The molecule has 2 aromatic carbocycles. The minimum Gasteiger partial charge on any atom is -0.453 e. The Balaban J connectivity index is 1.95. The molecule has 4 rings (SSSR count). The van der Waals surface area contributed by atoms with E-state index in [4.69, 9.17) is 4.74 Å². The number of hydrogen-bond donors (Lipinski definition) is 0. The molecule has 3 nitrogen and oxygen atoms in total. The van der Waals surface area contributed by atoms with Crippen molar-refractivity contribution in [3.05, 3.63) is 71.5 Å². The molecule has 0 atom stereocenters. The third-order valence-corrected chi connectivity index (χ3v) is 4.09. The van der Waals surface area contributed by atoms with Crippen molar-refractivity contribution in [1.82, 2.24) is 4.98 Å².